The minimum Gasteiger partial charge on any atom is -0.324 e. The highest BCUT2D eigenvalue weighted by molar-refractivity contribution is 9.10. The Hall–Kier alpha value is -0.340. The topological polar surface area (TPSA) is 26.0 Å². The summed E-state index contributed by atoms with van der Waals surface area (Å²) in [4.78, 5) is 0. The van der Waals surface area contributed by atoms with E-state index in [9.17, 15) is 0 Å². The molecule has 2 rings (SSSR count). The molecule has 0 spiro atoms. The molecule has 1 aromatic rings. The van der Waals surface area contributed by atoms with Gasteiger partial charge < -0.3 is 5.73 Å². The van der Waals surface area contributed by atoms with Gasteiger partial charge in [0, 0.05) is 10.5 Å². The molecule has 1 aliphatic carbocycles. The summed E-state index contributed by atoms with van der Waals surface area (Å²) < 4.78 is 1.13. The summed E-state index contributed by atoms with van der Waals surface area (Å²) in [5.41, 5.74) is 7.64. The third-order valence-electron chi connectivity index (χ3n) is 3.80. The maximum Gasteiger partial charge on any atom is 0.0323 e. The van der Waals surface area contributed by atoms with Crippen molar-refractivity contribution < 1.29 is 0 Å². The smallest absolute Gasteiger partial charge is 0.0323 e. The van der Waals surface area contributed by atoms with Crippen LogP contribution in [0.1, 0.15) is 44.2 Å². The zero-order valence-corrected chi connectivity index (χ0v) is 11.4. The first-order chi connectivity index (χ1) is 7.66. The fraction of sp³-hybridized carbons (Fsp3) is 0.571. The van der Waals surface area contributed by atoms with Gasteiger partial charge in [-0.05, 0) is 42.4 Å². The van der Waals surface area contributed by atoms with Gasteiger partial charge in [-0.25, -0.2) is 0 Å². The summed E-state index contributed by atoms with van der Waals surface area (Å²) in [6, 6.07) is 8.64. The van der Waals surface area contributed by atoms with E-state index in [4.69, 9.17) is 5.73 Å². The van der Waals surface area contributed by atoms with Crippen LogP contribution < -0.4 is 5.73 Å². The second kappa shape index (κ2) is 5.33. The van der Waals surface area contributed by atoms with E-state index in [1.807, 2.05) is 0 Å². The lowest BCUT2D eigenvalue weighted by Gasteiger charge is -2.30. The molecule has 0 saturated heterocycles. The summed E-state index contributed by atoms with van der Waals surface area (Å²) in [6.07, 6.45) is 5.25. The number of rotatable bonds is 2. The molecule has 0 amide bonds. The molecule has 0 bridgehead atoms. The number of halogens is 1. The minimum absolute atomic E-state index is 0.213. The van der Waals surface area contributed by atoms with Crippen molar-refractivity contribution in [2.24, 2.45) is 17.6 Å². The minimum atomic E-state index is 0.213. The van der Waals surface area contributed by atoms with Gasteiger partial charge >= 0.3 is 0 Å². The van der Waals surface area contributed by atoms with E-state index in [2.05, 4.69) is 47.1 Å². The van der Waals surface area contributed by atoms with Crippen molar-refractivity contribution in [3.05, 3.63) is 34.3 Å². The van der Waals surface area contributed by atoms with E-state index in [-0.39, 0.29) is 6.04 Å². The van der Waals surface area contributed by atoms with Gasteiger partial charge in [-0.3, -0.25) is 0 Å². The van der Waals surface area contributed by atoms with Gasteiger partial charge in [0.2, 0.25) is 0 Å². The van der Waals surface area contributed by atoms with E-state index < -0.39 is 0 Å². The molecular weight excluding hydrogens is 262 g/mol. The van der Waals surface area contributed by atoms with Gasteiger partial charge in [0.1, 0.15) is 0 Å². The highest BCUT2D eigenvalue weighted by Crippen LogP contribution is 2.35. The molecule has 1 atom stereocenters. The van der Waals surface area contributed by atoms with Crippen LogP contribution in [-0.2, 0) is 0 Å². The van der Waals surface area contributed by atoms with Crippen LogP contribution >= 0.6 is 15.9 Å². The van der Waals surface area contributed by atoms with Crippen molar-refractivity contribution in [3.63, 3.8) is 0 Å². The monoisotopic (exact) mass is 281 g/mol. The molecule has 1 unspecified atom stereocenters. The molecule has 2 N–H and O–H groups in total. The molecule has 1 fully saturated rings. The second-order valence-electron chi connectivity index (χ2n) is 5.10. The Morgan fingerprint density at radius 2 is 1.94 bits per heavy atom. The highest BCUT2D eigenvalue weighted by atomic mass is 79.9. The molecular formula is C14H20BrN. The standard InChI is InChI=1S/C14H20BrN/c1-10-5-7-11(8-6-10)14(16)12-3-2-4-13(15)9-12/h2-4,9-11,14H,5-8,16H2,1H3. The van der Waals surface area contributed by atoms with Crippen LogP contribution in [0.5, 0.6) is 0 Å². The van der Waals surface area contributed by atoms with Crippen molar-refractivity contribution in [2.45, 2.75) is 38.6 Å². The van der Waals surface area contributed by atoms with E-state index in [0.717, 1.165) is 10.4 Å². The van der Waals surface area contributed by atoms with Crippen LogP contribution in [0.4, 0.5) is 0 Å². The molecule has 16 heavy (non-hydrogen) atoms. The molecule has 1 nitrogen and oxygen atoms in total. The molecule has 1 saturated carbocycles. The zero-order valence-electron chi connectivity index (χ0n) is 9.83. The molecule has 1 aromatic carbocycles. The van der Waals surface area contributed by atoms with Gasteiger partial charge in [0.05, 0.1) is 0 Å². The maximum atomic E-state index is 6.36. The number of hydrogen-bond donors (Lipinski definition) is 1. The fourth-order valence-corrected chi connectivity index (χ4v) is 3.05. The predicted octanol–water partition coefficient (Wildman–Crippen LogP) is 4.28. The molecule has 88 valence electrons. The van der Waals surface area contributed by atoms with Crippen molar-refractivity contribution in [2.75, 3.05) is 0 Å². The largest absolute Gasteiger partial charge is 0.324 e. The first kappa shape index (κ1) is 12.1. The van der Waals surface area contributed by atoms with Gasteiger partial charge in [0.15, 0.2) is 0 Å². The van der Waals surface area contributed by atoms with Gasteiger partial charge in [-0.2, -0.15) is 0 Å². The molecule has 2 heteroatoms. The first-order valence-corrected chi connectivity index (χ1v) is 6.97. The Labute approximate surface area is 107 Å². The lowest BCUT2D eigenvalue weighted by Crippen LogP contribution is -2.25. The highest BCUT2D eigenvalue weighted by Gasteiger charge is 2.24. The molecule has 0 aliphatic heterocycles. The maximum absolute atomic E-state index is 6.36. The Morgan fingerprint density at radius 3 is 2.56 bits per heavy atom. The summed E-state index contributed by atoms with van der Waals surface area (Å²) in [5, 5.41) is 0. The van der Waals surface area contributed by atoms with Crippen molar-refractivity contribution in [1.82, 2.24) is 0 Å². The van der Waals surface area contributed by atoms with Gasteiger partial charge in [-0.15, -0.1) is 0 Å². The summed E-state index contributed by atoms with van der Waals surface area (Å²) in [7, 11) is 0. The van der Waals surface area contributed by atoms with E-state index in [1.54, 1.807) is 0 Å². The third-order valence-corrected chi connectivity index (χ3v) is 4.30. The quantitative estimate of drug-likeness (QED) is 0.861. The van der Waals surface area contributed by atoms with Gasteiger partial charge in [-0.1, -0.05) is 47.8 Å². The molecule has 0 heterocycles. The lowest BCUT2D eigenvalue weighted by molar-refractivity contribution is 0.256. The second-order valence-corrected chi connectivity index (χ2v) is 6.02. The fourth-order valence-electron chi connectivity index (χ4n) is 2.63. The average Bonchev–Trinajstić information content (AvgIpc) is 2.29. The van der Waals surface area contributed by atoms with E-state index in [1.165, 1.54) is 31.2 Å². The molecule has 1 aliphatic rings. The predicted molar refractivity (Wildman–Crippen MR) is 72.2 cm³/mol. The van der Waals surface area contributed by atoms with Crippen LogP contribution in [0.15, 0.2) is 28.7 Å². The average molecular weight is 282 g/mol. The number of benzene rings is 1. The van der Waals surface area contributed by atoms with Crippen molar-refractivity contribution in [1.29, 1.82) is 0 Å². The summed E-state index contributed by atoms with van der Waals surface area (Å²) in [5.74, 6) is 1.57. The van der Waals surface area contributed by atoms with Crippen LogP contribution in [0.3, 0.4) is 0 Å². The Morgan fingerprint density at radius 1 is 1.25 bits per heavy atom. The number of nitrogens with two attached hydrogens (primary N) is 1. The van der Waals surface area contributed by atoms with E-state index in [0.29, 0.717) is 5.92 Å². The van der Waals surface area contributed by atoms with Crippen molar-refractivity contribution >= 4 is 15.9 Å². The molecule has 0 aromatic heterocycles. The Bertz CT molecular complexity index is 342. The Balaban J connectivity index is 2.04. The van der Waals surface area contributed by atoms with Crippen LogP contribution in [0.2, 0.25) is 0 Å². The van der Waals surface area contributed by atoms with Crippen LogP contribution in [0.25, 0.3) is 0 Å². The van der Waals surface area contributed by atoms with Gasteiger partial charge in [0.25, 0.3) is 0 Å². The van der Waals surface area contributed by atoms with Crippen LogP contribution in [-0.4, -0.2) is 0 Å². The Kier molecular flexibility index (Phi) is 4.04. The SMILES string of the molecule is CC1CCC(C(N)c2cccc(Br)c2)CC1. The summed E-state index contributed by atoms with van der Waals surface area (Å²) in [6.45, 7) is 2.35. The van der Waals surface area contributed by atoms with Crippen molar-refractivity contribution in [3.8, 4) is 0 Å². The third kappa shape index (κ3) is 2.86. The van der Waals surface area contributed by atoms with E-state index >= 15 is 0 Å². The first-order valence-electron chi connectivity index (χ1n) is 6.18. The number of hydrogen-bond acceptors (Lipinski definition) is 1. The molecule has 0 radical (unpaired) electrons. The summed E-state index contributed by atoms with van der Waals surface area (Å²) >= 11 is 3.51. The van der Waals surface area contributed by atoms with Crippen LogP contribution in [0, 0.1) is 11.8 Å². The zero-order chi connectivity index (χ0) is 11.5. The lowest BCUT2D eigenvalue weighted by atomic mass is 9.78. The normalized spacial score (nSPS) is 27.7.